The van der Waals surface area contributed by atoms with Crippen molar-refractivity contribution < 1.29 is 17.9 Å². The maximum absolute atomic E-state index is 12.1. The number of sulfone groups is 1. The van der Waals surface area contributed by atoms with Gasteiger partial charge in [-0.05, 0) is 49.2 Å². The number of hydrogen-bond acceptors (Lipinski definition) is 6. The Morgan fingerprint density at radius 1 is 1.23 bits per heavy atom. The quantitative estimate of drug-likeness (QED) is 0.722. The van der Waals surface area contributed by atoms with Gasteiger partial charge < -0.3 is 4.74 Å². The Morgan fingerprint density at radius 2 is 2.00 bits per heavy atom. The van der Waals surface area contributed by atoms with E-state index in [2.05, 4.69) is 10.3 Å². The molecule has 1 heterocycles. The molecule has 0 spiro atoms. The molecule has 0 aliphatic carbocycles. The number of aryl methyl sites for hydroxylation is 1. The summed E-state index contributed by atoms with van der Waals surface area (Å²) in [5.74, 6) is 0.343. The van der Waals surface area contributed by atoms with Crippen LogP contribution in [0.4, 0.5) is 5.13 Å². The maximum atomic E-state index is 12.1. The van der Waals surface area contributed by atoms with Crippen molar-refractivity contribution in [3.8, 4) is 5.75 Å². The van der Waals surface area contributed by atoms with Crippen LogP contribution in [-0.4, -0.2) is 32.2 Å². The molecule has 2 aromatic carbocycles. The Morgan fingerprint density at radius 3 is 2.73 bits per heavy atom. The number of hydrogen-bond donors (Lipinski definition) is 1. The zero-order valence-corrected chi connectivity index (χ0v) is 16.2. The summed E-state index contributed by atoms with van der Waals surface area (Å²) in [5, 5.41) is 3.09. The molecule has 1 amide bonds. The smallest absolute Gasteiger partial charge is 0.264 e. The molecule has 3 aromatic rings. The van der Waals surface area contributed by atoms with Crippen molar-refractivity contribution in [2.75, 3.05) is 18.2 Å². The van der Waals surface area contributed by atoms with E-state index in [9.17, 15) is 13.2 Å². The number of thiazole rings is 1. The lowest BCUT2D eigenvalue weighted by Crippen LogP contribution is -2.20. The minimum Gasteiger partial charge on any atom is -0.483 e. The molecule has 0 aliphatic heterocycles. The van der Waals surface area contributed by atoms with Crippen molar-refractivity contribution in [1.29, 1.82) is 0 Å². The summed E-state index contributed by atoms with van der Waals surface area (Å²) < 4.78 is 29.5. The van der Waals surface area contributed by atoms with E-state index in [1.165, 1.54) is 17.4 Å². The number of rotatable bonds is 5. The summed E-state index contributed by atoms with van der Waals surface area (Å²) >= 11 is 1.22. The molecule has 0 aliphatic rings. The van der Waals surface area contributed by atoms with Gasteiger partial charge in [0.2, 0.25) is 0 Å². The first-order valence-corrected chi connectivity index (χ1v) is 10.5. The van der Waals surface area contributed by atoms with Gasteiger partial charge in [-0.2, -0.15) is 0 Å². The number of carbonyl (C=O) groups is 1. The molecule has 136 valence electrons. The van der Waals surface area contributed by atoms with Crippen LogP contribution in [0.25, 0.3) is 10.2 Å². The zero-order chi connectivity index (χ0) is 18.9. The second-order valence-corrected chi connectivity index (χ2v) is 9.00. The van der Waals surface area contributed by atoms with Gasteiger partial charge in [0.25, 0.3) is 5.91 Å². The second-order valence-electron chi connectivity index (χ2n) is 5.96. The average Bonchev–Trinajstić information content (AvgIpc) is 2.96. The van der Waals surface area contributed by atoms with Crippen molar-refractivity contribution >= 4 is 42.4 Å². The van der Waals surface area contributed by atoms with Gasteiger partial charge in [0.15, 0.2) is 21.6 Å². The van der Waals surface area contributed by atoms with Crippen LogP contribution >= 0.6 is 11.3 Å². The van der Waals surface area contributed by atoms with Gasteiger partial charge in [0.1, 0.15) is 5.75 Å². The van der Waals surface area contributed by atoms with Gasteiger partial charge >= 0.3 is 0 Å². The van der Waals surface area contributed by atoms with Crippen LogP contribution in [0.3, 0.4) is 0 Å². The van der Waals surface area contributed by atoms with Gasteiger partial charge in [0.05, 0.1) is 15.1 Å². The molecule has 0 saturated heterocycles. The topological polar surface area (TPSA) is 85.4 Å². The van der Waals surface area contributed by atoms with Crippen LogP contribution in [0.5, 0.6) is 5.75 Å². The molecule has 26 heavy (non-hydrogen) atoms. The number of nitrogens with one attached hydrogen (secondary N) is 1. The van der Waals surface area contributed by atoms with E-state index >= 15 is 0 Å². The average molecular weight is 390 g/mol. The Bertz CT molecular complexity index is 1090. The minimum absolute atomic E-state index is 0.130. The first kappa shape index (κ1) is 18.3. The fourth-order valence-electron chi connectivity index (χ4n) is 2.37. The van der Waals surface area contributed by atoms with E-state index in [-0.39, 0.29) is 17.4 Å². The van der Waals surface area contributed by atoms with Crippen molar-refractivity contribution in [2.45, 2.75) is 18.7 Å². The number of fused-ring (bicyclic) bond motifs is 1. The summed E-state index contributed by atoms with van der Waals surface area (Å²) in [7, 11) is -3.28. The molecule has 1 N–H and O–H groups in total. The highest BCUT2D eigenvalue weighted by Crippen LogP contribution is 2.28. The largest absolute Gasteiger partial charge is 0.483 e. The fourth-order valence-corrected chi connectivity index (χ4v) is 4.01. The summed E-state index contributed by atoms with van der Waals surface area (Å²) in [6.45, 7) is 3.79. The molecule has 0 saturated carbocycles. The predicted octanol–water partition coefficient (Wildman–Crippen LogP) is 3.33. The zero-order valence-electron chi connectivity index (χ0n) is 14.6. The summed E-state index contributed by atoms with van der Waals surface area (Å²) in [6.07, 6.45) is 1.16. The summed E-state index contributed by atoms with van der Waals surface area (Å²) in [4.78, 5) is 16.6. The van der Waals surface area contributed by atoms with Crippen LogP contribution in [0.1, 0.15) is 11.1 Å². The molecule has 6 nitrogen and oxygen atoms in total. The first-order chi connectivity index (χ1) is 12.2. The van der Waals surface area contributed by atoms with E-state index in [0.29, 0.717) is 21.1 Å². The van der Waals surface area contributed by atoms with E-state index in [4.69, 9.17) is 4.74 Å². The van der Waals surface area contributed by atoms with Crippen molar-refractivity contribution in [2.24, 2.45) is 0 Å². The molecular weight excluding hydrogens is 372 g/mol. The molecule has 0 unspecified atom stereocenters. The number of benzene rings is 2. The Hall–Kier alpha value is -2.45. The fraction of sp³-hybridized carbons (Fsp3) is 0.222. The number of anilines is 1. The summed E-state index contributed by atoms with van der Waals surface area (Å²) in [6, 6.07) is 10.4. The number of ether oxygens (including phenoxy) is 1. The van der Waals surface area contributed by atoms with Crippen LogP contribution in [0.15, 0.2) is 41.3 Å². The van der Waals surface area contributed by atoms with Crippen LogP contribution < -0.4 is 10.1 Å². The molecule has 0 atom stereocenters. The van der Waals surface area contributed by atoms with E-state index in [1.807, 2.05) is 32.0 Å². The lowest BCUT2D eigenvalue weighted by atomic mass is 10.1. The molecule has 1 aromatic heterocycles. The van der Waals surface area contributed by atoms with Crippen LogP contribution in [0.2, 0.25) is 0 Å². The third-order valence-electron chi connectivity index (χ3n) is 3.95. The Balaban J connectivity index is 1.70. The highest BCUT2D eigenvalue weighted by atomic mass is 32.2. The molecule has 8 heteroatoms. The SMILES string of the molecule is Cc1cccc(OCC(=O)Nc2nc3ccc(S(C)(=O)=O)cc3s2)c1C. The summed E-state index contributed by atoms with van der Waals surface area (Å²) in [5.41, 5.74) is 2.72. The Kier molecular flexibility index (Phi) is 4.97. The van der Waals surface area contributed by atoms with Gasteiger partial charge in [-0.1, -0.05) is 23.5 Å². The van der Waals surface area contributed by atoms with Gasteiger partial charge in [-0.25, -0.2) is 13.4 Å². The number of amides is 1. The minimum atomic E-state index is -3.28. The highest BCUT2D eigenvalue weighted by Gasteiger charge is 2.13. The van der Waals surface area contributed by atoms with Crippen molar-refractivity contribution in [3.63, 3.8) is 0 Å². The number of carbonyl (C=O) groups excluding carboxylic acids is 1. The molecule has 0 radical (unpaired) electrons. The lowest BCUT2D eigenvalue weighted by molar-refractivity contribution is -0.118. The van der Waals surface area contributed by atoms with Crippen molar-refractivity contribution in [3.05, 3.63) is 47.5 Å². The molecule has 0 fully saturated rings. The van der Waals surface area contributed by atoms with Gasteiger partial charge in [-0.15, -0.1) is 0 Å². The van der Waals surface area contributed by atoms with Crippen LogP contribution in [0, 0.1) is 13.8 Å². The van der Waals surface area contributed by atoms with E-state index in [0.717, 1.165) is 17.4 Å². The molecular formula is C18H18N2O4S2. The molecule has 0 bridgehead atoms. The standard InChI is InChI=1S/C18H18N2O4S2/c1-11-5-4-6-15(12(11)2)24-10-17(21)20-18-19-14-8-7-13(26(3,22)23)9-16(14)25-18/h4-9H,10H2,1-3H3,(H,19,20,21). The predicted molar refractivity (Wildman–Crippen MR) is 103 cm³/mol. The Labute approximate surface area is 155 Å². The number of nitrogens with zero attached hydrogens (tertiary/aromatic N) is 1. The highest BCUT2D eigenvalue weighted by molar-refractivity contribution is 7.90. The normalized spacial score (nSPS) is 11.5. The first-order valence-electron chi connectivity index (χ1n) is 7.83. The monoisotopic (exact) mass is 390 g/mol. The van der Waals surface area contributed by atoms with E-state index < -0.39 is 9.84 Å². The second kappa shape index (κ2) is 7.05. The van der Waals surface area contributed by atoms with Crippen molar-refractivity contribution in [1.82, 2.24) is 4.98 Å². The van der Waals surface area contributed by atoms with E-state index in [1.54, 1.807) is 12.1 Å². The van der Waals surface area contributed by atoms with Gasteiger partial charge in [-0.3, -0.25) is 10.1 Å². The number of aromatic nitrogens is 1. The maximum Gasteiger partial charge on any atom is 0.264 e. The third kappa shape index (κ3) is 4.03. The molecule has 3 rings (SSSR count). The third-order valence-corrected chi connectivity index (χ3v) is 5.99. The van der Waals surface area contributed by atoms with Gasteiger partial charge in [0, 0.05) is 6.26 Å². The van der Waals surface area contributed by atoms with Crippen LogP contribution in [-0.2, 0) is 14.6 Å². The lowest BCUT2D eigenvalue weighted by Gasteiger charge is -2.10.